The van der Waals surface area contributed by atoms with Gasteiger partial charge in [-0.25, -0.2) is 0 Å². The van der Waals surface area contributed by atoms with E-state index < -0.39 is 0 Å². The van der Waals surface area contributed by atoms with Crippen molar-refractivity contribution in [2.75, 3.05) is 6.61 Å². The summed E-state index contributed by atoms with van der Waals surface area (Å²) in [6.45, 7) is 8.79. The molecule has 90 valence electrons. The first-order chi connectivity index (χ1) is 7.54. The minimum Gasteiger partial charge on any atom is -0.396 e. The van der Waals surface area contributed by atoms with Gasteiger partial charge in [0.15, 0.2) is 0 Å². The highest BCUT2D eigenvalue weighted by Gasteiger charge is 2.10. The van der Waals surface area contributed by atoms with E-state index in [1.54, 1.807) is 0 Å². The van der Waals surface area contributed by atoms with E-state index in [0.29, 0.717) is 12.1 Å². The third-order valence-electron chi connectivity index (χ3n) is 2.99. The Labute approximate surface area is 98.7 Å². The highest BCUT2D eigenvalue weighted by atomic mass is 16.3. The maximum Gasteiger partial charge on any atom is 0.0445 e. The molecule has 2 nitrogen and oxygen atoms in total. The van der Waals surface area contributed by atoms with Crippen LogP contribution in [0.4, 0.5) is 0 Å². The summed E-state index contributed by atoms with van der Waals surface area (Å²) >= 11 is 0. The van der Waals surface area contributed by atoms with Gasteiger partial charge in [-0.2, -0.15) is 0 Å². The molecule has 2 unspecified atom stereocenters. The van der Waals surface area contributed by atoms with E-state index >= 15 is 0 Å². The van der Waals surface area contributed by atoms with Crippen LogP contribution in [0.1, 0.15) is 43.0 Å². The van der Waals surface area contributed by atoms with E-state index in [-0.39, 0.29) is 6.61 Å². The Balaban J connectivity index is 2.69. The van der Waals surface area contributed by atoms with Gasteiger partial charge in [0.25, 0.3) is 0 Å². The largest absolute Gasteiger partial charge is 0.396 e. The van der Waals surface area contributed by atoms with Crippen LogP contribution in [0, 0.1) is 13.8 Å². The van der Waals surface area contributed by atoms with E-state index in [1.807, 2.05) is 0 Å². The molecule has 1 rings (SSSR count). The summed E-state index contributed by atoms with van der Waals surface area (Å²) in [7, 11) is 0. The first-order valence-electron chi connectivity index (χ1n) is 5.98. The Hall–Kier alpha value is -0.860. The van der Waals surface area contributed by atoms with Crippen molar-refractivity contribution in [1.82, 2.24) is 5.32 Å². The minimum atomic E-state index is 0.244. The Morgan fingerprint density at radius 3 is 2.50 bits per heavy atom. The molecule has 1 aromatic rings. The summed E-state index contributed by atoms with van der Waals surface area (Å²) in [5.41, 5.74) is 3.98. The molecular weight excluding hydrogens is 198 g/mol. The molecule has 0 saturated heterocycles. The number of hydrogen-bond donors (Lipinski definition) is 2. The molecule has 0 fully saturated rings. The number of hydrogen-bond acceptors (Lipinski definition) is 2. The normalized spacial score (nSPS) is 14.8. The van der Waals surface area contributed by atoms with Crippen LogP contribution in [0.25, 0.3) is 0 Å². The molecule has 0 aliphatic heterocycles. The Morgan fingerprint density at radius 2 is 1.94 bits per heavy atom. The molecule has 2 atom stereocenters. The summed E-state index contributed by atoms with van der Waals surface area (Å²) in [4.78, 5) is 0. The number of rotatable bonds is 5. The summed E-state index contributed by atoms with van der Waals surface area (Å²) in [6.07, 6.45) is 0.801. The lowest BCUT2D eigenvalue weighted by Gasteiger charge is -2.21. The third kappa shape index (κ3) is 3.62. The van der Waals surface area contributed by atoms with Crippen molar-refractivity contribution in [3.63, 3.8) is 0 Å². The van der Waals surface area contributed by atoms with Crippen LogP contribution in [0.3, 0.4) is 0 Å². The van der Waals surface area contributed by atoms with Crippen molar-refractivity contribution in [3.05, 3.63) is 34.9 Å². The zero-order valence-electron chi connectivity index (χ0n) is 10.7. The molecule has 0 aliphatic rings. The third-order valence-corrected chi connectivity index (χ3v) is 2.99. The van der Waals surface area contributed by atoms with Gasteiger partial charge >= 0.3 is 0 Å². The van der Waals surface area contributed by atoms with Crippen LogP contribution < -0.4 is 5.32 Å². The zero-order chi connectivity index (χ0) is 12.1. The second-order valence-corrected chi connectivity index (χ2v) is 4.66. The fraction of sp³-hybridized carbons (Fsp3) is 0.571. The second kappa shape index (κ2) is 6.02. The standard InChI is InChI=1S/C14H23NO/c1-10-5-6-14(11(2)9-10)13(4)15-12(3)7-8-16/h5-6,9,12-13,15-16H,7-8H2,1-4H3. The van der Waals surface area contributed by atoms with Gasteiger partial charge in [0.05, 0.1) is 0 Å². The SMILES string of the molecule is Cc1ccc(C(C)NC(C)CCO)c(C)c1. The molecule has 16 heavy (non-hydrogen) atoms. The lowest BCUT2D eigenvalue weighted by atomic mass is 9.99. The number of nitrogens with one attached hydrogen (secondary N) is 1. The van der Waals surface area contributed by atoms with Crippen LogP contribution in [0.2, 0.25) is 0 Å². The van der Waals surface area contributed by atoms with Crippen molar-refractivity contribution in [2.45, 2.75) is 46.2 Å². The summed E-state index contributed by atoms with van der Waals surface area (Å²) < 4.78 is 0. The number of aryl methyl sites for hydroxylation is 2. The number of aliphatic hydroxyl groups excluding tert-OH is 1. The van der Waals surface area contributed by atoms with Gasteiger partial charge in [-0.3, -0.25) is 0 Å². The highest BCUT2D eigenvalue weighted by molar-refractivity contribution is 5.32. The zero-order valence-corrected chi connectivity index (χ0v) is 10.7. The molecule has 0 aliphatic carbocycles. The quantitative estimate of drug-likeness (QED) is 0.801. The first kappa shape index (κ1) is 13.2. The molecule has 0 aromatic heterocycles. The van der Waals surface area contributed by atoms with Crippen molar-refractivity contribution < 1.29 is 5.11 Å². The average molecular weight is 221 g/mol. The van der Waals surface area contributed by atoms with E-state index in [2.05, 4.69) is 51.2 Å². The van der Waals surface area contributed by atoms with E-state index in [1.165, 1.54) is 16.7 Å². The van der Waals surface area contributed by atoms with E-state index in [4.69, 9.17) is 5.11 Å². The summed E-state index contributed by atoms with van der Waals surface area (Å²) in [5, 5.41) is 12.4. The van der Waals surface area contributed by atoms with Gasteiger partial charge < -0.3 is 10.4 Å². The number of benzene rings is 1. The minimum absolute atomic E-state index is 0.244. The maximum absolute atomic E-state index is 8.87. The Bertz CT molecular complexity index is 336. The van der Waals surface area contributed by atoms with Gasteiger partial charge in [-0.15, -0.1) is 0 Å². The molecule has 0 radical (unpaired) electrons. The Kier molecular flexibility index (Phi) is 4.97. The fourth-order valence-corrected chi connectivity index (χ4v) is 2.11. The van der Waals surface area contributed by atoms with E-state index in [9.17, 15) is 0 Å². The summed E-state index contributed by atoms with van der Waals surface area (Å²) in [5.74, 6) is 0. The number of aliphatic hydroxyl groups is 1. The van der Waals surface area contributed by atoms with Gasteiger partial charge in [-0.05, 0) is 45.2 Å². The maximum atomic E-state index is 8.87. The van der Waals surface area contributed by atoms with Crippen molar-refractivity contribution in [1.29, 1.82) is 0 Å². The Morgan fingerprint density at radius 1 is 1.25 bits per heavy atom. The van der Waals surface area contributed by atoms with Crippen LogP contribution in [0.15, 0.2) is 18.2 Å². The second-order valence-electron chi connectivity index (χ2n) is 4.66. The molecule has 2 heteroatoms. The van der Waals surface area contributed by atoms with Gasteiger partial charge in [-0.1, -0.05) is 23.8 Å². The van der Waals surface area contributed by atoms with Crippen molar-refractivity contribution in [2.24, 2.45) is 0 Å². The van der Waals surface area contributed by atoms with Gasteiger partial charge in [0.1, 0.15) is 0 Å². The molecule has 0 heterocycles. The van der Waals surface area contributed by atoms with Crippen LogP contribution in [0.5, 0.6) is 0 Å². The molecule has 2 N–H and O–H groups in total. The molecule has 0 amide bonds. The van der Waals surface area contributed by atoms with Gasteiger partial charge in [0, 0.05) is 18.7 Å². The monoisotopic (exact) mass is 221 g/mol. The van der Waals surface area contributed by atoms with Crippen LogP contribution >= 0.6 is 0 Å². The molecule has 1 aromatic carbocycles. The predicted molar refractivity (Wildman–Crippen MR) is 68.6 cm³/mol. The predicted octanol–water partition coefficient (Wildman–Crippen LogP) is 2.72. The summed E-state index contributed by atoms with van der Waals surface area (Å²) in [6, 6.07) is 7.23. The van der Waals surface area contributed by atoms with Gasteiger partial charge in [0.2, 0.25) is 0 Å². The van der Waals surface area contributed by atoms with Crippen LogP contribution in [-0.2, 0) is 0 Å². The molecule has 0 saturated carbocycles. The molecular formula is C14H23NO. The molecule has 0 bridgehead atoms. The fourth-order valence-electron chi connectivity index (χ4n) is 2.11. The lowest BCUT2D eigenvalue weighted by molar-refractivity contribution is 0.264. The average Bonchev–Trinajstić information content (AvgIpc) is 2.17. The highest BCUT2D eigenvalue weighted by Crippen LogP contribution is 2.19. The van der Waals surface area contributed by atoms with Crippen LogP contribution in [-0.4, -0.2) is 17.8 Å². The smallest absolute Gasteiger partial charge is 0.0445 e. The van der Waals surface area contributed by atoms with Crippen molar-refractivity contribution in [3.8, 4) is 0 Å². The first-order valence-corrected chi connectivity index (χ1v) is 5.98. The van der Waals surface area contributed by atoms with Crippen molar-refractivity contribution >= 4 is 0 Å². The topological polar surface area (TPSA) is 32.3 Å². The molecule has 0 spiro atoms. The lowest BCUT2D eigenvalue weighted by Crippen LogP contribution is -2.30. The van der Waals surface area contributed by atoms with E-state index in [0.717, 1.165) is 6.42 Å².